The molecule has 1 aromatic carbocycles. The summed E-state index contributed by atoms with van der Waals surface area (Å²) in [6.07, 6.45) is 3.46. The first-order chi connectivity index (χ1) is 10.6. The molecule has 3 rings (SSSR count). The molecule has 0 atom stereocenters. The molecule has 2 aromatic rings. The number of hydrogen-bond donors (Lipinski definition) is 1. The lowest BCUT2D eigenvalue weighted by Crippen LogP contribution is -2.28. The molecular formula is C15H14Cl2N4O. The van der Waals surface area contributed by atoms with Crippen LogP contribution in [-0.2, 0) is 0 Å². The minimum Gasteiger partial charge on any atom is -0.339 e. The van der Waals surface area contributed by atoms with Gasteiger partial charge in [0.2, 0.25) is 0 Å². The zero-order valence-corrected chi connectivity index (χ0v) is 13.2. The van der Waals surface area contributed by atoms with Gasteiger partial charge in [-0.05, 0) is 31.0 Å². The topological polar surface area (TPSA) is 58.1 Å². The first kappa shape index (κ1) is 15.1. The van der Waals surface area contributed by atoms with Crippen molar-refractivity contribution in [2.24, 2.45) is 0 Å². The molecule has 1 fully saturated rings. The normalized spacial score (nSPS) is 14.2. The molecule has 0 bridgehead atoms. The summed E-state index contributed by atoms with van der Waals surface area (Å²) in [5.74, 6) is 0.451. The highest BCUT2D eigenvalue weighted by atomic mass is 35.5. The predicted molar refractivity (Wildman–Crippen MR) is 86.9 cm³/mol. The van der Waals surface area contributed by atoms with E-state index >= 15 is 0 Å². The molecule has 0 saturated carbocycles. The van der Waals surface area contributed by atoms with E-state index in [1.807, 2.05) is 0 Å². The van der Waals surface area contributed by atoms with Crippen molar-refractivity contribution in [1.82, 2.24) is 14.9 Å². The van der Waals surface area contributed by atoms with Gasteiger partial charge in [0, 0.05) is 24.2 Å². The van der Waals surface area contributed by atoms with Crippen LogP contribution >= 0.6 is 23.2 Å². The van der Waals surface area contributed by atoms with E-state index < -0.39 is 0 Å². The zero-order valence-electron chi connectivity index (χ0n) is 11.7. The number of carbonyl (C=O) groups excluding carboxylic acids is 1. The van der Waals surface area contributed by atoms with Gasteiger partial charge in [-0.1, -0.05) is 23.2 Å². The molecule has 0 radical (unpaired) electrons. The summed E-state index contributed by atoms with van der Waals surface area (Å²) in [6.45, 7) is 1.57. The fourth-order valence-electron chi connectivity index (χ4n) is 2.35. The fourth-order valence-corrected chi connectivity index (χ4v) is 2.81. The van der Waals surface area contributed by atoms with Gasteiger partial charge < -0.3 is 10.2 Å². The molecule has 0 spiro atoms. The van der Waals surface area contributed by atoms with E-state index in [4.69, 9.17) is 23.2 Å². The van der Waals surface area contributed by atoms with E-state index in [1.54, 1.807) is 29.2 Å². The van der Waals surface area contributed by atoms with E-state index in [0.717, 1.165) is 25.9 Å². The highest BCUT2D eigenvalue weighted by Crippen LogP contribution is 2.27. The Morgan fingerprint density at radius 2 is 1.91 bits per heavy atom. The monoisotopic (exact) mass is 336 g/mol. The number of aromatic nitrogens is 2. The maximum Gasteiger partial charge on any atom is 0.272 e. The quantitative estimate of drug-likeness (QED) is 0.926. The Kier molecular flexibility index (Phi) is 4.45. The van der Waals surface area contributed by atoms with Crippen molar-refractivity contribution in [3.63, 3.8) is 0 Å². The lowest BCUT2D eigenvalue weighted by atomic mass is 10.3. The second kappa shape index (κ2) is 6.50. The second-order valence-corrected chi connectivity index (χ2v) is 5.88. The van der Waals surface area contributed by atoms with Crippen molar-refractivity contribution < 1.29 is 4.79 Å². The van der Waals surface area contributed by atoms with Crippen molar-refractivity contribution in [3.05, 3.63) is 46.3 Å². The van der Waals surface area contributed by atoms with Crippen molar-refractivity contribution in [1.29, 1.82) is 0 Å². The average Bonchev–Trinajstić information content (AvgIpc) is 3.04. The van der Waals surface area contributed by atoms with Gasteiger partial charge in [-0.25, -0.2) is 9.97 Å². The Balaban J connectivity index is 1.80. The van der Waals surface area contributed by atoms with Crippen LogP contribution in [0.1, 0.15) is 23.3 Å². The Hall–Kier alpha value is -1.85. The Morgan fingerprint density at radius 1 is 1.14 bits per heavy atom. The lowest BCUT2D eigenvalue weighted by Gasteiger charge is -2.15. The van der Waals surface area contributed by atoms with Crippen LogP contribution < -0.4 is 5.32 Å². The molecule has 5 nitrogen and oxygen atoms in total. The molecule has 0 aliphatic carbocycles. The first-order valence-electron chi connectivity index (χ1n) is 6.97. The van der Waals surface area contributed by atoms with E-state index in [9.17, 15) is 4.79 Å². The molecule has 0 unspecified atom stereocenters. The number of hydrogen-bond acceptors (Lipinski definition) is 4. The Bertz CT molecular complexity index is 702. The summed E-state index contributed by atoms with van der Waals surface area (Å²) >= 11 is 12.0. The molecular weight excluding hydrogens is 323 g/mol. The van der Waals surface area contributed by atoms with E-state index in [1.165, 1.54) is 6.33 Å². The first-order valence-corrected chi connectivity index (χ1v) is 7.72. The van der Waals surface area contributed by atoms with Gasteiger partial charge in [0.05, 0.1) is 10.7 Å². The summed E-state index contributed by atoms with van der Waals surface area (Å²) in [7, 11) is 0. The molecule has 1 saturated heterocycles. The number of anilines is 2. The van der Waals surface area contributed by atoms with Gasteiger partial charge in [0.25, 0.3) is 5.91 Å². The number of carbonyl (C=O) groups is 1. The average molecular weight is 337 g/mol. The maximum absolute atomic E-state index is 12.3. The largest absolute Gasteiger partial charge is 0.339 e. The Morgan fingerprint density at radius 3 is 2.64 bits per heavy atom. The highest BCUT2D eigenvalue weighted by molar-refractivity contribution is 6.36. The number of likely N-dealkylation sites (tertiary alicyclic amines) is 1. The number of rotatable bonds is 3. The van der Waals surface area contributed by atoms with Crippen molar-refractivity contribution in [2.45, 2.75) is 12.8 Å². The molecule has 2 heterocycles. The number of nitrogens with zero attached hydrogens (tertiary/aromatic N) is 3. The van der Waals surface area contributed by atoms with E-state index in [-0.39, 0.29) is 5.91 Å². The third-order valence-corrected chi connectivity index (χ3v) is 4.02. The number of nitrogens with one attached hydrogen (secondary N) is 1. The van der Waals surface area contributed by atoms with Gasteiger partial charge >= 0.3 is 0 Å². The van der Waals surface area contributed by atoms with Crippen LogP contribution in [0.5, 0.6) is 0 Å². The van der Waals surface area contributed by atoms with E-state index in [0.29, 0.717) is 27.2 Å². The van der Waals surface area contributed by atoms with Crippen molar-refractivity contribution >= 4 is 40.6 Å². The molecule has 1 aromatic heterocycles. The van der Waals surface area contributed by atoms with Crippen LogP contribution in [-0.4, -0.2) is 33.9 Å². The Labute approximate surface area is 138 Å². The molecule has 1 aliphatic heterocycles. The molecule has 1 amide bonds. The van der Waals surface area contributed by atoms with E-state index in [2.05, 4.69) is 15.3 Å². The molecule has 22 heavy (non-hydrogen) atoms. The van der Waals surface area contributed by atoms with Crippen LogP contribution in [0.3, 0.4) is 0 Å². The third kappa shape index (κ3) is 3.31. The smallest absolute Gasteiger partial charge is 0.272 e. The van der Waals surface area contributed by atoms with Gasteiger partial charge in [-0.15, -0.1) is 0 Å². The SMILES string of the molecule is O=C(c1cc(Nc2ccc(Cl)cc2Cl)ncn1)N1CCCC1. The second-order valence-electron chi connectivity index (χ2n) is 5.04. The summed E-state index contributed by atoms with van der Waals surface area (Å²) in [5.41, 5.74) is 1.05. The van der Waals surface area contributed by atoms with Crippen molar-refractivity contribution in [3.8, 4) is 0 Å². The third-order valence-electron chi connectivity index (χ3n) is 3.47. The summed E-state index contributed by atoms with van der Waals surface area (Å²) in [5, 5.41) is 4.12. The van der Waals surface area contributed by atoms with Crippen molar-refractivity contribution in [2.75, 3.05) is 18.4 Å². The van der Waals surface area contributed by atoms with Crippen LogP contribution in [0, 0.1) is 0 Å². The summed E-state index contributed by atoms with van der Waals surface area (Å²) in [4.78, 5) is 22.3. The fraction of sp³-hybridized carbons (Fsp3) is 0.267. The van der Waals surface area contributed by atoms with Crippen LogP contribution in [0.4, 0.5) is 11.5 Å². The number of halogens is 2. The van der Waals surface area contributed by atoms with Gasteiger partial charge in [0.15, 0.2) is 0 Å². The van der Waals surface area contributed by atoms with Gasteiger partial charge in [-0.3, -0.25) is 4.79 Å². The predicted octanol–water partition coefficient (Wildman–Crippen LogP) is 3.76. The summed E-state index contributed by atoms with van der Waals surface area (Å²) in [6, 6.07) is 6.76. The number of amides is 1. The molecule has 7 heteroatoms. The highest BCUT2D eigenvalue weighted by Gasteiger charge is 2.20. The van der Waals surface area contributed by atoms with Gasteiger partial charge in [0.1, 0.15) is 17.8 Å². The maximum atomic E-state index is 12.3. The van der Waals surface area contributed by atoms with Crippen LogP contribution in [0.15, 0.2) is 30.6 Å². The zero-order chi connectivity index (χ0) is 15.5. The molecule has 114 valence electrons. The molecule has 1 aliphatic rings. The minimum atomic E-state index is -0.0647. The minimum absolute atomic E-state index is 0.0647. The number of benzene rings is 1. The van der Waals surface area contributed by atoms with Crippen LogP contribution in [0.25, 0.3) is 0 Å². The lowest BCUT2D eigenvalue weighted by molar-refractivity contribution is 0.0787. The summed E-state index contributed by atoms with van der Waals surface area (Å²) < 4.78 is 0. The standard InChI is InChI=1S/C15H14Cl2N4O/c16-10-3-4-12(11(17)7-10)20-14-8-13(18-9-19-14)15(22)21-5-1-2-6-21/h3-4,7-9H,1-2,5-6H2,(H,18,19,20). The van der Waals surface area contributed by atoms with Gasteiger partial charge in [-0.2, -0.15) is 0 Å². The van der Waals surface area contributed by atoms with Crippen LogP contribution in [0.2, 0.25) is 10.0 Å². The molecule has 1 N–H and O–H groups in total.